The molecule has 0 atom stereocenters. The molecule has 0 unspecified atom stereocenters. The van der Waals surface area contributed by atoms with E-state index in [4.69, 9.17) is 27.9 Å². The van der Waals surface area contributed by atoms with E-state index in [9.17, 15) is 9.18 Å². The number of anilines is 2. The summed E-state index contributed by atoms with van der Waals surface area (Å²) in [6.07, 6.45) is 5.42. The van der Waals surface area contributed by atoms with Crippen LogP contribution in [-0.2, 0) is 0 Å². The van der Waals surface area contributed by atoms with Crippen molar-refractivity contribution in [3.63, 3.8) is 0 Å². The Morgan fingerprint density at radius 3 is 2.59 bits per heavy atom. The first-order valence-corrected chi connectivity index (χ1v) is 13.3. The molecule has 0 aliphatic carbocycles. The molecule has 0 aliphatic heterocycles. The van der Waals surface area contributed by atoms with Crippen LogP contribution in [0, 0.1) is 5.82 Å². The molecule has 1 N–H and O–H groups in total. The van der Waals surface area contributed by atoms with Crippen LogP contribution in [0.2, 0.25) is 10.0 Å². The average Bonchev–Trinajstić information content (AvgIpc) is 3.41. The summed E-state index contributed by atoms with van der Waals surface area (Å²) in [5.41, 5.74) is 0.634. The van der Waals surface area contributed by atoms with Crippen LogP contribution in [0.3, 0.4) is 0 Å². The highest BCUT2D eigenvalue weighted by Crippen LogP contribution is 2.29. The Morgan fingerprint density at radius 1 is 1.10 bits per heavy atom. The summed E-state index contributed by atoms with van der Waals surface area (Å²) in [4.78, 5) is 28.9. The first-order valence-electron chi connectivity index (χ1n) is 12.5. The third kappa shape index (κ3) is 5.40. The average molecular weight is 570 g/mol. The Labute approximate surface area is 233 Å². The third-order valence-corrected chi connectivity index (χ3v) is 6.98. The maximum absolute atomic E-state index is 14.7. The molecular weight excluding hydrogens is 544 g/mol. The molecule has 3 aromatic heterocycles. The molecule has 202 valence electrons. The number of nitrogens with one attached hydrogen (secondary N) is 1. The van der Waals surface area contributed by atoms with Gasteiger partial charge in [0.25, 0.3) is 5.56 Å². The third-order valence-electron chi connectivity index (χ3n) is 6.37. The quantitative estimate of drug-likeness (QED) is 0.215. The molecule has 5 aromatic rings. The molecule has 3 heterocycles. The van der Waals surface area contributed by atoms with Crippen molar-refractivity contribution in [3.05, 3.63) is 81.2 Å². The lowest BCUT2D eigenvalue weighted by Gasteiger charge is -2.17. The van der Waals surface area contributed by atoms with Gasteiger partial charge in [-0.1, -0.05) is 43.1 Å². The predicted octanol–water partition coefficient (Wildman–Crippen LogP) is 5.73. The molecule has 0 aliphatic rings. The number of nitrogens with zero attached hydrogens (tertiary/aromatic N) is 6. The van der Waals surface area contributed by atoms with E-state index < -0.39 is 11.4 Å². The summed E-state index contributed by atoms with van der Waals surface area (Å²) in [7, 11) is 0. The Morgan fingerprint density at radius 2 is 1.87 bits per heavy atom. The number of ether oxygens (including phenoxy) is 1. The largest absolute Gasteiger partial charge is 0.490 e. The summed E-state index contributed by atoms with van der Waals surface area (Å²) >= 11 is 12.8. The van der Waals surface area contributed by atoms with Gasteiger partial charge in [-0.3, -0.25) is 9.20 Å². The fraction of sp³-hybridized carbons (Fsp3) is 0.259. The van der Waals surface area contributed by atoms with Crippen molar-refractivity contribution in [2.24, 2.45) is 0 Å². The highest BCUT2D eigenvalue weighted by molar-refractivity contribution is 6.37. The monoisotopic (exact) mass is 569 g/mol. The molecule has 5 rings (SSSR count). The van der Waals surface area contributed by atoms with Crippen LogP contribution >= 0.6 is 23.2 Å². The smallest absolute Gasteiger partial charge is 0.270 e. The number of para-hydroxylation sites is 1. The number of benzene rings is 2. The van der Waals surface area contributed by atoms with E-state index in [1.807, 2.05) is 0 Å². The number of imidazole rings is 1. The van der Waals surface area contributed by atoms with E-state index in [0.717, 1.165) is 26.1 Å². The van der Waals surface area contributed by atoms with E-state index in [-0.39, 0.29) is 22.9 Å². The first kappa shape index (κ1) is 26.9. The number of hydrogen-bond acceptors (Lipinski definition) is 7. The van der Waals surface area contributed by atoms with Crippen molar-refractivity contribution >= 4 is 51.6 Å². The Hall–Kier alpha value is -3.73. The number of fused-ring (bicyclic) bond motifs is 3. The molecule has 0 fully saturated rings. The van der Waals surface area contributed by atoms with Gasteiger partial charge in [-0.15, -0.1) is 0 Å². The fourth-order valence-electron chi connectivity index (χ4n) is 4.34. The highest BCUT2D eigenvalue weighted by Gasteiger charge is 2.19. The van der Waals surface area contributed by atoms with Gasteiger partial charge >= 0.3 is 0 Å². The van der Waals surface area contributed by atoms with Crippen molar-refractivity contribution in [1.29, 1.82) is 0 Å². The van der Waals surface area contributed by atoms with Crippen molar-refractivity contribution in [2.45, 2.75) is 20.3 Å². The Bertz CT molecular complexity index is 1680. The maximum Gasteiger partial charge on any atom is 0.270 e. The van der Waals surface area contributed by atoms with Crippen LogP contribution in [-0.4, -0.2) is 55.1 Å². The summed E-state index contributed by atoms with van der Waals surface area (Å²) < 4.78 is 23.3. The SMILES string of the molecule is CCN(CC)CCCOc1ccc(Nc2ncc3c(=O)n(-c4c(Cl)cccc4Cl)c4nccn4c3n2)cc1F. The highest BCUT2D eigenvalue weighted by atomic mass is 35.5. The van der Waals surface area contributed by atoms with Crippen molar-refractivity contribution in [1.82, 2.24) is 28.8 Å². The van der Waals surface area contributed by atoms with E-state index in [2.05, 4.69) is 39.0 Å². The zero-order valence-corrected chi connectivity index (χ0v) is 22.9. The topological polar surface area (TPSA) is 89.6 Å². The van der Waals surface area contributed by atoms with E-state index in [1.165, 1.54) is 16.8 Å². The van der Waals surface area contributed by atoms with Crippen molar-refractivity contribution < 1.29 is 9.13 Å². The number of halogens is 3. The van der Waals surface area contributed by atoms with Gasteiger partial charge in [-0.2, -0.15) is 4.98 Å². The number of rotatable bonds is 10. The standard InChI is InChI=1S/C27H26Cl2FN7O2/c1-3-35(4-2)12-6-14-39-22-10-9-17(15-21(22)30)33-26-32-16-18-24(34-26)36-13-11-31-27(36)37(25(18)38)23-19(28)7-5-8-20(23)29/h5,7-11,13,15-16H,3-4,6,12,14H2,1-2H3,(H,32,33,34). The van der Waals surface area contributed by atoms with Crippen LogP contribution in [0.15, 0.2) is 59.8 Å². The summed E-state index contributed by atoms with van der Waals surface area (Å²) in [6.45, 7) is 7.49. The predicted molar refractivity (Wildman–Crippen MR) is 151 cm³/mol. The molecular formula is C27H26Cl2FN7O2. The van der Waals surface area contributed by atoms with Gasteiger partial charge in [0.1, 0.15) is 5.39 Å². The second-order valence-electron chi connectivity index (χ2n) is 8.74. The first-order chi connectivity index (χ1) is 18.9. The molecule has 9 nitrogen and oxygen atoms in total. The molecule has 12 heteroatoms. The molecule has 39 heavy (non-hydrogen) atoms. The number of aromatic nitrogens is 5. The maximum atomic E-state index is 14.7. The van der Waals surface area contributed by atoms with Crippen LogP contribution < -0.4 is 15.6 Å². The van der Waals surface area contributed by atoms with Crippen LogP contribution in [0.1, 0.15) is 20.3 Å². The fourth-order valence-corrected chi connectivity index (χ4v) is 4.91. The lowest BCUT2D eigenvalue weighted by molar-refractivity contribution is 0.243. The molecule has 2 aromatic carbocycles. The van der Waals surface area contributed by atoms with Gasteiger partial charge in [0.05, 0.1) is 22.3 Å². The van der Waals surface area contributed by atoms with Gasteiger partial charge in [-0.05, 0) is 43.8 Å². The molecule has 0 radical (unpaired) electrons. The second-order valence-corrected chi connectivity index (χ2v) is 9.55. The van der Waals surface area contributed by atoms with Crippen molar-refractivity contribution in [3.8, 4) is 11.4 Å². The van der Waals surface area contributed by atoms with Gasteiger partial charge in [0.2, 0.25) is 11.7 Å². The minimum Gasteiger partial charge on any atom is -0.490 e. The molecule has 0 saturated heterocycles. The minimum atomic E-state index is -0.500. The van der Waals surface area contributed by atoms with Gasteiger partial charge in [-0.25, -0.2) is 18.9 Å². The molecule has 0 spiro atoms. The molecule has 0 saturated carbocycles. The molecule has 0 bridgehead atoms. The minimum absolute atomic E-state index is 0.178. The molecule has 0 amide bonds. The summed E-state index contributed by atoms with van der Waals surface area (Å²) in [5.74, 6) is 0.136. The Kier molecular flexibility index (Phi) is 7.97. The lowest BCUT2D eigenvalue weighted by Crippen LogP contribution is -2.25. The van der Waals surface area contributed by atoms with E-state index in [0.29, 0.717) is 33.7 Å². The van der Waals surface area contributed by atoms with E-state index in [1.54, 1.807) is 47.1 Å². The summed E-state index contributed by atoms with van der Waals surface area (Å²) in [5, 5.41) is 3.81. The van der Waals surface area contributed by atoms with Gasteiger partial charge in [0.15, 0.2) is 17.2 Å². The van der Waals surface area contributed by atoms with Crippen LogP contribution in [0.4, 0.5) is 16.0 Å². The summed E-state index contributed by atoms with van der Waals surface area (Å²) in [6, 6.07) is 9.54. The zero-order valence-electron chi connectivity index (χ0n) is 21.4. The van der Waals surface area contributed by atoms with E-state index >= 15 is 0 Å². The van der Waals surface area contributed by atoms with Crippen LogP contribution in [0.25, 0.3) is 22.5 Å². The van der Waals surface area contributed by atoms with Gasteiger partial charge in [0, 0.05) is 36.9 Å². The Balaban J connectivity index is 1.41. The second kappa shape index (κ2) is 11.6. The lowest BCUT2D eigenvalue weighted by atomic mass is 10.3. The normalized spacial score (nSPS) is 11.5. The van der Waals surface area contributed by atoms with Crippen molar-refractivity contribution in [2.75, 3.05) is 31.6 Å². The van der Waals surface area contributed by atoms with Crippen LogP contribution in [0.5, 0.6) is 5.75 Å². The zero-order chi connectivity index (χ0) is 27.5. The number of hydrogen-bond donors (Lipinski definition) is 1. The van der Waals surface area contributed by atoms with Gasteiger partial charge < -0.3 is 15.0 Å².